The third kappa shape index (κ3) is 6.51. The second kappa shape index (κ2) is 8.94. The minimum atomic E-state index is -3.77. The van der Waals surface area contributed by atoms with Gasteiger partial charge in [-0.2, -0.15) is 0 Å². The number of nitrogens with one attached hydrogen (secondary N) is 2. The molecule has 0 aliphatic heterocycles. The SMILES string of the molecule is C[C@@H](NS(=O)(=O)c1ccc(OCC(=O)NC(C)(C)C)c(Cl)c1)c1ccccc1. The van der Waals surface area contributed by atoms with Gasteiger partial charge in [-0.15, -0.1) is 0 Å². The van der Waals surface area contributed by atoms with E-state index in [2.05, 4.69) is 10.0 Å². The van der Waals surface area contributed by atoms with Gasteiger partial charge < -0.3 is 10.1 Å². The molecule has 2 aromatic rings. The van der Waals surface area contributed by atoms with Crippen LogP contribution in [0.15, 0.2) is 53.4 Å². The fraction of sp³-hybridized carbons (Fsp3) is 0.350. The molecular weight excluding hydrogens is 400 g/mol. The van der Waals surface area contributed by atoms with Gasteiger partial charge >= 0.3 is 0 Å². The number of sulfonamides is 1. The Morgan fingerprint density at radius 1 is 1.14 bits per heavy atom. The zero-order chi connectivity index (χ0) is 20.9. The fourth-order valence-electron chi connectivity index (χ4n) is 2.47. The molecule has 0 saturated heterocycles. The third-order valence-corrected chi connectivity index (χ3v) is 5.55. The molecule has 28 heavy (non-hydrogen) atoms. The maximum atomic E-state index is 12.6. The lowest BCUT2D eigenvalue weighted by atomic mass is 10.1. The standard InChI is InChI=1S/C20H25ClN2O4S/c1-14(15-8-6-5-7-9-15)23-28(25,26)16-10-11-18(17(21)12-16)27-13-19(24)22-20(2,3)4/h5-12,14,23H,13H2,1-4H3,(H,22,24)/t14-/m1/s1. The summed E-state index contributed by atoms with van der Waals surface area (Å²) in [6.45, 7) is 7.13. The van der Waals surface area contributed by atoms with E-state index < -0.39 is 16.1 Å². The number of benzene rings is 2. The Bertz CT molecular complexity index is 925. The minimum Gasteiger partial charge on any atom is -0.482 e. The highest BCUT2D eigenvalue weighted by atomic mass is 35.5. The predicted octanol–water partition coefficient (Wildman–Crippen LogP) is 3.67. The number of carbonyl (C=O) groups excluding carboxylic acids is 1. The van der Waals surface area contributed by atoms with Gasteiger partial charge in [0.15, 0.2) is 6.61 Å². The summed E-state index contributed by atoms with van der Waals surface area (Å²) in [5.74, 6) is -0.0561. The topological polar surface area (TPSA) is 84.5 Å². The predicted molar refractivity (Wildman–Crippen MR) is 110 cm³/mol. The summed E-state index contributed by atoms with van der Waals surface area (Å²) in [6, 6.07) is 13.0. The smallest absolute Gasteiger partial charge is 0.258 e. The van der Waals surface area contributed by atoms with Crippen molar-refractivity contribution in [1.29, 1.82) is 0 Å². The summed E-state index contributed by atoms with van der Waals surface area (Å²) in [5.41, 5.74) is 0.477. The van der Waals surface area contributed by atoms with Gasteiger partial charge in [0.2, 0.25) is 10.0 Å². The Kier molecular flexibility index (Phi) is 7.09. The van der Waals surface area contributed by atoms with Gasteiger partial charge in [-0.05, 0) is 51.5 Å². The van der Waals surface area contributed by atoms with Crippen LogP contribution in [0.4, 0.5) is 0 Å². The highest BCUT2D eigenvalue weighted by molar-refractivity contribution is 7.89. The maximum absolute atomic E-state index is 12.6. The summed E-state index contributed by atoms with van der Waals surface area (Å²) in [6.07, 6.45) is 0. The number of halogens is 1. The molecule has 6 nitrogen and oxygen atoms in total. The molecule has 1 atom stereocenters. The Hall–Kier alpha value is -2.09. The van der Waals surface area contributed by atoms with E-state index in [1.54, 1.807) is 6.92 Å². The average Bonchev–Trinajstić information content (AvgIpc) is 2.59. The molecule has 0 aromatic heterocycles. The summed E-state index contributed by atoms with van der Waals surface area (Å²) < 4.78 is 33.3. The molecule has 2 rings (SSSR count). The molecule has 0 spiro atoms. The first-order chi connectivity index (χ1) is 13.0. The van der Waals surface area contributed by atoms with Crippen LogP contribution in [0.25, 0.3) is 0 Å². The molecular formula is C20H25ClN2O4S. The van der Waals surface area contributed by atoms with Gasteiger partial charge in [-0.25, -0.2) is 13.1 Å². The van der Waals surface area contributed by atoms with Gasteiger partial charge in [-0.3, -0.25) is 4.79 Å². The fourth-order valence-corrected chi connectivity index (χ4v) is 4.03. The van der Waals surface area contributed by atoms with Crippen LogP contribution in [0.3, 0.4) is 0 Å². The van der Waals surface area contributed by atoms with E-state index in [1.807, 2.05) is 51.1 Å². The van der Waals surface area contributed by atoms with Gasteiger partial charge in [0.1, 0.15) is 5.75 Å². The lowest BCUT2D eigenvalue weighted by Gasteiger charge is -2.20. The summed E-state index contributed by atoms with van der Waals surface area (Å²) in [7, 11) is -3.77. The van der Waals surface area contributed by atoms with E-state index in [-0.39, 0.29) is 33.7 Å². The highest BCUT2D eigenvalue weighted by Crippen LogP contribution is 2.28. The van der Waals surface area contributed by atoms with Crippen LogP contribution in [0.2, 0.25) is 5.02 Å². The van der Waals surface area contributed by atoms with Crippen molar-refractivity contribution in [3.8, 4) is 5.75 Å². The van der Waals surface area contributed by atoms with E-state index in [1.165, 1.54) is 18.2 Å². The second-order valence-corrected chi connectivity index (χ2v) is 9.55. The second-order valence-electron chi connectivity index (χ2n) is 7.43. The number of hydrogen-bond donors (Lipinski definition) is 2. The van der Waals surface area contributed by atoms with E-state index in [0.717, 1.165) is 5.56 Å². The molecule has 0 heterocycles. The molecule has 0 aliphatic carbocycles. The van der Waals surface area contributed by atoms with Gasteiger partial charge in [0.25, 0.3) is 5.91 Å². The monoisotopic (exact) mass is 424 g/mol. The van der Waals surface area contributed by atoms with Crippen molar-refractivity contribution >= 4 is 27.5 Å². The van der Waals surface area contributed by atoms with Crippen molar-refractivity contribution in [2.45, 2.75) is 44.2 Å². The Morgan fingerprint density at radius 3 is 2.36 bits per heavy atom. The molecule has 0 fully saturated rings. The molecule has 0 bridgehead atoms. The van der Waals surface area contributed by atoms with Crippen molar-refractivity contribution in [2.75, 3.05) is 6.61 Å². The summed E-state index contributed by atoms with van der Waals surface area (Å²) >= 11 is 6.16. The molecule has 2 aromatic carbocycles. The largest absolute Gasteiger partial charge is 0.482 e. The minimum absolute atomic E-state index is 0.0202. The van der Waals surface area contributed by atoms with Crippen molar-refractivity contribution in [1.82, 2.24) is 10.0 Å². The summed E-state index contributed by atoms with van der Waals surface area (Å²) in [5, 5.41) is 2.88. The van der Waals surface area contributed by atoms with Crippen LogP contribution >= 0.6 is 11.6 Å². The zero-order valence-electron chi connectivity index (χ0n) is 16.3. The Labute approximate surface area is 171 Å². The van der Waals surface area contributed by atoms with Crippen molar-refractivity contribution < 1.29 is 17.9 Å². The first kappa shape index (κ1) is 22.2. The number of hydrogen-bond acceptors (Lipinski definition) is 4. The van der Waals surface area contributed by atoms with E-state index in [0.29, 0.717) is 0 Å². The molecule has 152 valence electrons. The van der Waals surface area contributed by atoms with Crippen LogP contribution in [0.5, 0.6) is 5.75 Å². The summed E-state index contributed by atoms with van der Waals surface area (Å²) in [4.78, 5) is 11.9. The quantitative estimate of drug-likeness (QED) is 0.710. The van der Waals surface area contributed by atoms with Crippen LogP contribution in [-0.4, -0.2) is 26.5 Å². The van der Waals surface area contributed by atoms with Crippen molar-refractivity contribution in [3.63, 3.8) is 0 Å². The van der Waals surface area contributed by atoms with Gasteiger partial charge in [-0.1, -0.05) is 41.9 Å². The number of amides is 1. The molecule has 0 unspecified atom stereocenters. The van der Waals surface area contributed by atoms with Gasteiger partial charge in [0, 0.05) is 11.6 Å². The Morgan fingerprint density at radius 2 is 1.79 bits per heavy atom. The van der Waals surface area contributed by atoms with Crippen molar-refractivity contribution in [2.24, 2.45) is 0 Å². The Balaban J connectivity index is 2.07. The third-order valence-electron chi connectivity index (χ3n) is 3.72. The number of rotatable bonds is 7. The molecule has 0 aliphatic rings. The average molecular weight is 425 g/mol. The van der Waals surface area contributed by atoms with Crippen LogP contribution < -0.4 is 14.8 Å². The first-order valence-corrected chi connectivity index (χ1v) is 10.6. The molecule has 1 amide bonds. The highest BCUT2D eigenvalue weighted by Gasteiger charge is 2.20. The van der Waals surface area contributed by atoms with E-state index >= 15 is 0 Å². The maximum Gasteiger partial charge on any atom is 0.258 e. The lowest BCUT2D eigenvalue weighted by Crippen LogP contribution is -2.43. The van der Waals surface area contributed by atoms with Crippen LogP contribution in [-0.2, 0) is 14.8 Å². The van der Waals surface area contributed by atoms with Crippen molar-refractivity contribution in [3.05, 3.63) is 59.1 Å². The number of ether oxygens (including phenoxy) is 1. The molecule has 8 heteroatoms. The molecule has 2 N–H and O–H groups in total. The molecule has 0 saturated carbocycles. The van der Waals surface area contributed by atoms with Gasteiger partial charge in [0.05, 0.1) is 9.92 Å². The van der Waals surface area contributed by atoms with E-state index in [4.69, 9.17) is 16.3 Å². The zero-order valence-corrected chi connectivity index (χ0v) is 17.9. The lowest BCUT2D eigenvalue weighted by molar-refractivity contribution is -0.124. The molecule has 0 radical (unpaired) electrons. The van der Waals surface area contributed by atoms with Crippen LogP contribution in [0, 0.1) is 0 Å². The van der Waals surface area contributed by atoms with E-state index in [9.17, 15) is 13.2 Å². The normalized spacial score (nSPS) is 13.0. The first-order valence-electron chi connectivity index (χ1n) is 8.78. The van der Waals surface area contributed by atoms with Crippen LogP contribution in [0.1, 0.15) is 39.3 Å². The number of carbonyl (C=O) groups is 1.